The van der Waals surface area contributed by atoms with Gasteiger partial charge in [0.15, 0.2) is 10.0 Å². The normalized spacial score (nSPS) is 10.3. The van der Waals surface area contributed by atoms with Crippen molar-refractivity contribution in [2.45, 2.75) is 0 Å². The summed E-state index contributed by atoms with van der Waals surface area (Å²) in [6.07, 6.45) is 0. The van der Waals surface area contributed by atoms with Gasteiger partial charge in [-0.2, -0.15) is 4.98 Å². The van der Waals surface area contributed by atoms with E-state index in [0.717, 1.165) is 11.3 Å². The van der Waals surface area contributed by atoms with Gasteiger partial charge < -0.3 is 9.84 Å². The molecule has 2 rings (SSSR count). The highest BCUT2D eigenvalue weighted by Crippen LogP contribution is 2.34. The lowest BCUT2D eigenvalue weighted by Crippen LogP contribution is -1.91. The molecule has 1 aromatic heterocycles. The number of benzene rings is 1. The fourth-order valence-electron chi connectivity index (χ4n) is 1.27. The summed E-state index contributed by atoms with van der Waals surface area (Å²) in [6, 6.07) is 3.99. The lowest BCUT2D eigenvalue weighted by molar-refractivity contribution is -0.385. The minimum atomic E-state index is -1.22. The van der Waals surface area contributed by atoms with E-state index in [9.17, 15) is 14.9 Å². The molecule has 1 aromatic carbocycles. The average Bonchev–Trinajstić information content (AvgIpc) is 2.69. The second-order valence-electron chi connectivity index (χ2n) is 3.41. The van der Waals surface area contributed by atoms with E-state index in [1.165, 1.54) is 18.2 Å². The van der Waals surface area contributed by atoms with Crippen LogP contribution < -0.4 is 4.74 Å². The van der Waals surface area contributed by atoms with Gasteiger partial charge in [-0.05, 0) is 6.07 Å². The molecule has 0 spiro atoms. The van der Waals surface area contributed by atoms with Crippen LogP contribution in [0.3, 0.4) is 0 Å². The first kappa shape index (κ1) is 14.7. The molecule has 0 amide bonds. The van der Waals surface area contributed by atoms with Gasteiger partial charge in [-0.15, -0.1) is 0 Å². The Balaban J connectivity index is 2.32. The zero-order valence-corrected chi connectivity index (χ0v) is 12.5. The van der Waals surface area contributed by atoms with Gasteiger partial charge in [-0.3, -0.25) is 10.1 Å². The van der Waals surface area contributed by atoms with E-state index >= 15 is 0 Å². The van der Waals surface area contributed by atoms with Crippen LogP contribution in [-0.2, 0) is 0 Å². The molecule has 0 bridgehead atoms. The summed E-state index contributed by atoms with van der Waals surface area (Å²) in [5.41, 5.74) is -0.171. The number of nitro benzene ring substituents is 1. The van der Waals surface area contributed by atoms with Crippen LogP contribution in [0.2, 0.25) is 5.15 Å². The van der Waals surface area contributed by atoms with Gasteiger partial charge in [0, 0.05) is 10.5 Å². The van der Waals surface area contributed by atoms with Crippen LogP contribution in [0.15, 0.2) is 22.7 Å². The Morgan fingerprint density at radius 1 is 1.50 bits per heavy atom. The highest BCUT2D eigenvalue weighted by Gasteiger charge is 2.18. The molecule has 0 unspecified atom stereocenters. The number of nitro groups is 1. The number of hydrogen-bond donors (Lipinski definition) is 1. The minimum absolute atomic E-state index is 0.0141. The molecule has 0 aliphatic rings. The van der Waals surface area contributed by atoms with Gasteiger partial charge in [0.2, 0.25) is 0 Å². The molecule has 1 N–H and O–H groups in total. The first-order chi connectivity index (χ1) is 9.36. The lowest BCUT2D eigenvalue weighted by atomic mass is 10.3. The van der Waals surface area contributed by atoms with E-state index in [1.807, 2.05) is 0 Å². The first-order valence-electron chi connectivity index (χ1n) is 4.89. The van der Waals surface area contributed by atoms with E-state index in [-0.39, 0.29) is 26.7 Å². The van der Waals surface area contributed by atoms with Crippen LogP contribution in [0.1, 0.15) is 9.67 Å². The number of carboxylic acids is 1. The average molecular weight is 380 g/mol. The monoisotopic (exact) mass is 378 g/mol. The van der Waals surface area contributed by atoms with E-state index in [2.05, 4.69) is 20.9 Å². The van der Waals surface area contributed by atoms with Gasteiger partial charge in [-0.25, -0.2) is 4.79 Å². The number of hydrogen-bond acceptors (Lipinski definition) is 6. The second kappa shape index (κ2) is 5.73. The number of ether oxygens (including phenoxy) is 1. The van der Waals surface area contributed by atoms with Crippen LogP contribution in [-0.4, -0.2) is 21.0 Å². The second-order valence-corrected chi connectivity index (χ2v) is 5.64. The van der Waals surface area contributed by atoms with Crippen LogP contribution in [0.25, 0.3) is 0 Å². The van der Waals surface area contributed by atoms with Crippen LogP contribution in [0.4, 0.5) is 5.69 Å². The van der Waals surface area contributed by atoms with Gasteiger partial charge >= 0.3 is 5.97 Å². The van der Waals surface area contributed by atoms with Crippen LogP contribution in [0, 0.1) is 10.1 Å². The number of aromatic nitrogens is 1. The number of rotatable bonds is 4. The molecule has 104 valence electrons. The SMILES string of the molecule is O=C(O)c1sc(Oc2cc(Br)cc([N+](=O)[O-])c2)nc1Cl. The summed E-state index contributed by atoms with van der Waals surface area (Å²) < 4.78 is 5.73. The lowest BCUT2D eigenvalue weighted by Gasteiger charge is -2.02. The topological polar surface area (TPSA) is 103 Å². The molecule has 1 heterocycles. The molecular weight excluding hydrogens is 376 g/mol. The van der Waals surface area contributed by atoms with E-state index in [1.54, 1.807) is 0 Å². The molecular formula is C10H4BrClN2O5S. The van der Waals surface area contributed by atoms with Gasteiger partial charge in [0.25, 0.3) is 10.9 Å². The summed E-state index contributed by atoms with van der Waals surface area (Å²) in [5, 5.41) is 19.4. The highest BCUT2D eigenvalue weighted by atomic mass is 79.9. The number of halogens is 2. The van der Waals surface area contributed by atoms with Gasteiger partial charge in [0.05, 0.1) is 11.0 Å². The van der Waals surface area contributed by atoms with Crippen molar-refractivity contribution in [3.8, 4) is 10.9 Å². The molecule has 20 heavy (non-hydrogen) atoms. The first-order valence-corrected chi connectivity index (χ1v) is 6.88. The van der Waals surface area contributed by atoms with Crippen molar-refractivity contribution < 1.29 is 19.6 Å². The van der Waals surface area contributed by atoms with E-state index < -0.39 is 10.9 Å². The van der Waals surface area contributed by atoms with Crippen molar-refractivity contribution in [3.63, 3.8) is 0 Å². The number of carboxylic acid groups (broad SMARTS) is 1. The van der Waals surface area contributed by atoms with Crippen molar-refractivity contribution in [1.29, 1.82) is 0 Å². The number of carbonyl (C=O) groups is 1. The number of thiazole rings is 1. The molecule has 0 radical (unpaired) electrons. The maximum atomic E-state index is 10.8. The summed E-state index contributed by atoms with van der Waals surface area (Å²) in [7, 11) is 0. The van der Waals surface area contributed by atoms with Crippen molar-refractivity contribution >= 4 is 50.5 Å². The molecule has 10 heteroatoms. The molecule has 0 saturated carbocycles. The predicted octanol–water partition coefficient (Wildman–Crippen LogP) is 3.96. The van der Waals surface area contributed by atoms with E-state index in [4.69, 9.17) is 21.4 Å². The predicted molar refractivity (Wildman–Crippen MR) is 75.0 cm³/mol. The number of nitrogens with zero attached hydrogens (tertiary/aromatic N) is 2. The standard InChI is InChI=1S/C10H4BrClN2O5S/c11-4-1-5(14(17)18)3-6(2-4)19-10-13-8(12)7(20-10)9(15)16/h1-3H,(H,15,16). The van der Waals surface area contributed by atoms with Crippen LogP contribution >= 0.6 is 38.9 Å². The third-order valence-electron chi connectivity index (χ3n) is 2.03. The summed E-state index contributed by atoms with van der Waals surface area (Å²) in [4.78, 5) is 24.5. The molecule has 0 aliphatic carbocycles. The van der Waals surface area contributed by atoms with Gasteiger partial charge in [0.1, 0.15) is 5.75 Å². The van der Waals surface area contributed by atoms with Crippen molar-refractivity contribution in [1.82, 2.24) is 4.98 Å². The zero-order valence-electron chi connectivity index (χ0n) is 9.37. The van der Waals surface area contributed by atoms with Gasteiger partial charge in [-0.1, -0.05) is 38.9 Å². The maximum Gasteiger partial charge on any atom is 0.349 e. The fraction of sp³-hybridized carbons (Fsp3) is 0. The Bertz CT molecular complexity index is 705. The molecule has 0 atom stereocenters. The Morgan fingerprint density at radius 3 is 2.75 bits per heavy atom. The largest absolute Gasteiger partial charge is 0.477 e. The molecule has 0 aliphatic heterocycles. The fourth-order valence-corrected chi connectivity index (χ4v) is 2.72. The molecule has 0 fully saturated rings. The highest BCUT2D eigenvalue weighted by molar-refractivity contribution is 9.10. The van der Waals surface area contributed by atoms with E-state index in [0.29, 0.717) is 4.47 Å². The minimum Gasteiger partial charge on any atom is -0.477 e. The molecule has 2 aromatic rings. The third-order valence-corrected chi connectivity index (χ3v) is 3.80. The van der Waals surface area contributed by atoms with Crippen molar-refractivity contribution in [2.24, 2.45) is 0 Å². The summed E-state index contributed by atoms with van der Waals surface area (Å²) >= 11 is 9.49. The Kier molecular flexibility index (Phi) is 4.21. The maximum absolute atomic E-state index is 10.8. The quantitative estimate of drug-likeness (QED) is 0.637. The zero-order chi connectivity index (χ0) is 14.9. The smallest absolute Gasteiger partial charge is 0.349 e. The molecule has 7 nitrogen and oxygen atoms in total. The van der Waals surface area contributed by atoms with Crippen LogP contribution in [0.5, 0.6) is 10.9 Å². The number of aromatic carboxylic acids is 1. The summed E-state index contributed by atoms with van der Waals surface area (Å²) in [6.45, 7) is 0. The number of non-ortho nitro benzene ring substituents is 1. The summed E-state index contributed by atoms with van der Waals surface area (Å²) in [5.74, 6) is -1.07. The third kappa shape index (κ3) is 3.24. The molecule has 0 saturated heterocycles. The Morgan fingerprint density at radius 2 is 2.20 bits per heavy atom. The Hall–Kier alpha value is -1.71. The Labute approximate surface area is 129 Å². The van der Waals surface area contributed by atoms with Crippen molar-refractivity contribution in [3.05, 3.63) is 42.8 Å². The van der Waals surface area contributed by atoms with Crippen molar-refractivity contribution in [2.75, 3.05) is 0 Å².